The molecule has 0 aromatic heterocycles. The van der Waals surface area contributed by atoms with Crippen molar-refractivity contribution in [1.82, 2.24) is 15.5 Å². The second-order valence-corrected chi connectivity index (χ2v) is 5.82. The van der Waals surface area contributed by atoms with E-state index in [0.29, 0.717) is 6.04 Å². The smallest absolute Gasteiger partial charge is 0.244 e. The van der Waals surface area contributed by atoms with E-state index in [-0.39, 0.29) is 36.4 Å². The average Bonchev–Trinajstić information content (AvgIpc) is 2.94. The lowest BCUT2D eigenvalue weighted by Crippen LogP contribution is -2.40. The molecule has 0 aromatic carbocycles. The van der Waals surface area contributed by atoms with Crippen LogP contribution in [0.15, 0.2) is 4.99 Å². The fraction of sp³-hybridized carbons (Fsp3) is 0.867. The highest BCUT2D eigenvalue weighted by atomic mass is 127. The number of amides is 1. The van der Waals surface area contributed by atoms with E-state index in [4.69, 9.17) is 0 Å². The van der Waals surface area contributed by atoms with Gasteiger partial charge in [0.25, 0.3) is 0 Å². The van der Waals surface area contributed by atoms with Crippen LogP contribution in [0, 0.1) is 5.92 Å². The minimum Gasteiger partial charge on any atom is -0.357 e. The van der Waals surface area contributed by atoms with E-state index in [1.54, 1.807) is 0 Å². The first-order valence-electron chi connectivity index (χ1n) is 8.07. The summed E-state index contributed by atoms with van der Waals surface area (Å²) in [5.41, 5.74) is 0. The Bertz CT molecular complexity index is 356. The third-order valence-corrected chi connectivity index (χ3v) is 4.08. The summed E-state index contributed by atoms with van der Waals surface area (Å²) in [6.45, 7) is 7.17. The van der Waals surface area contributed by atoms with Gasteiger partial charge in [0.05, 0.1) is 0 Å². The summed E-state index contributed by atoms with van der Waals surface area (Å²) in [5, 5.41) is 6.67. The second kappa shape index (κ2) is 9.48. The number of rotatable bonds is 6. The molecule has 0 aromatic rings. The number of carbonyl (C=O) groups is 1. The molecule has 2 atom stereocenters. The van der Waals surface area contributed by atoms with Crippen molar-refractivity contribution in [3.8, 4) is 0 Å². The van der Waals surface area contributed by atoms with Crippen LogP contribution in [0.5, 0.6) is 0 Å². The van der Waals surface area contributed by atoms with Gasteiger partial charge in [-0.3, -0.25) is 4.79 Å². The Kier molecular flexibility index (Phi) is 8.36. The van der Waals surface area contributed by atoms with Crippen molar-refractivity contribution in [2.45, 2.75) is 52.0 Å². The Balaban J connectivity index is 0.00000220. The number of carbonyl (C=O) groups excluding carboxylic acids is 1. The van der Waals surface area contributed by atoms with E-state index in [2.05, 4.69) is 29.5 Å². The molecule has 2 N–H and O–H groups in total. The van der Waals surface area contributed by atoms with Gasteiger partial charge >= 0.3 is 0 Å². The number of nitrogens with zero attached hydrogens (tertiary/aromatic N) is 2. The van der Waals surface area contributed by atoms with Gasteiger partial charge in [0.2, 0.25) is 5.91 Å². The van der Waals surface area contributed by atoms with Gasteiger partial charge in [-0.1, -0.05) is 13.3 Å². The quantitative estimate of drug-likeness (QED) is 0.402. The van der Waals surface area contributed by atoms with Crippen molar-refractivity contribution in [2.24, 2.45) is 10.9 Å². The first-order valence-corrected chi connectivity index (χ1v) is 8.07. The summed E-state index contributed by atoms with van der Waals surface area (Å²) in [6.07, 6.45) is 6.02. The highest BCUT2D eigenvalue weighted by Gasteiger charge is 2.36. The Labute approximate surface area is 145 Å². The molecule has 0 radical (unpaired) electrons. The molecular formula is C15H29IN4O. The van der Waals surface area contributed by atoms with Crippen molar-refractivity contribution in [1.29, 1.82) is 0 Å². The molecular weight excluding hydrogens is 379 g/mol. The fourth-order valence-corrected chi connectivity index (χ4v) is 2.82. The fourth-order valence-electron chi connectivity index (χ4n) is 2.82. The van der Waals surface area contributed by atoms with Crippen molar-refractivity contribution in [3.05, 3.63) is 0 Å². The van der Waals surface area contributed by atoms with Gasteiger partial charge in [0.15, 0.2) is 5.96 Å². The average molecular weight is 408 g/mol. The third kappa shape index (κ3) is 6.00. The zero-order valence-electron chi connectivity index (χ0n) is 13.2. The van der Waals surface area contributed by atoms with Crippen molar-refractivity contribution < 1.29 is 4.79 Å². The van der Waals surface area contributed by atoms with Crippen LogP contribution in [0.1, 0.15) is 46.0 Å². The van der Waals surface area contributed by atoms with Crippen LogP contribution in [0.3, 0.4) is 0 Å². The van der Waals surface area contributed by atoms with Gasteiger partial charge in [0, 0.05) is 25.7 Å². The van der Waals surface area contributed by atoms with Crippen molar-refractivity contribution in [3.63, 3.8) is 0 Å². The molecule has 21 heavy (non-hydrogen) atoms. The van der Waals surface area contributed by atoms with E-state index in [1.807, 2.05) is 4.90 Å². The summed E-state index contributed by atoms with van der Waals surface area (Å²) in [7, 11) is 0. The first kappa shape index (κ1) is 18.5. The normalized spacial score (nSPS) is 24.5. The lowest BCUT2D eigenvalue weighted by atomic mass is 10.2. The minimum absolute atomic E-state index is 0. The number of aliphatic imine (C=N–C) groups is 1. The van der Waals surface area contributed by atoms with E-state index in [0.717, 1.165) is 44.4 Å². The minimum atomic E-state index is 0. The van der Waals surface area contributed by atoms with E-state index < -0.39 is 0 Å². The number of halogens is 1. The topological polar surface area (TPSA) is 56.7 Å². The molecule has 6 heteroatoms. The number of nitrogens with one attached hydrogen (secondary N) is 2. The zero-order chi connectivity index (χ0) is 14.4. The van der Waals surface area contributed by atoms with Crippen LogP contribution in [0.25, 0.3) is 0 Å². The molecule has 1 heterocycles. The largest absolute Gasteiger partial charge is 0.357 e. The molecule has 1 saturated carbocycles. The van der Waals surface area contributed by atoms with Gasteiger partial charge in [-0.2, -0.15) is 0 Å². The van der Waals surface area contributed by atoms with Crippen molar-refractivity contribution >= 4 is 35.8 Å². The number of guanidine groups is 1. The number of hydrogen-bond acceptors (Lipinski definition) is 2. The standard InChI is InChI=1S/C15H28N4O.HI/c1-3-7-12-10-13(12)18-15(16-4-2)17-11-14(20)19-8-5-6-9-19;/h12-13H,3-11H2,1-2H3,(H2,16,17,18);1H. The van der Waals surface area contributed by atoms with Crippen LogP contribution in [0.2, 0.25) is 0 Å². The van der Waals surface area contributed by atoms with Gasteiger partial charge in [0.1, 0.15) is 6.54 Å². The van der Waals surface area contributed by atoms with E-state index in [1.165, 1.54) is 19.3 Å². The molecule has 122 valence electrons. The predicted octanol–water partition coefficient (Wildman–Crippen LogP) is 1.97. The molecule has 1 aliphatic heterocycles. The number of likely N-dealkylation sites (tertiary alicyclic amines) is 1. The summed E-state index contributed by atoms with van der Waals surface area (Å²) < 4.78 is 0. The maximum atomic E-state index is 12.0. The molecule has 2 unspecified atom stereocenters. The van der Waals surface area contributed by atoms with Crippen LogP contribution in [0.4, 0.5) is 0 Å². The molecule has 1 aliphatic carbocycles. The van der Waals surface area contributed by atoms with Gasteiger partial charge < -0.3 is 15.5 Å². The highest BCUT2D eigenvalue weighted by Crippen LogP contribution is 2.34. The van der Waals surface area contributed by atoms with Crippen LogP contribution >= 0.6 is 24.0 Å². The predicted molar refractivity (Wildman–Crippen MR) is 97.1 cm³/mol. The van der Waals surface area contributed by atoms with Crippen LogP contribution in [-0.4, -0.2) is 49.0 Å². The maximum absolute atomic E-state index is 12.0. The molecule has 0 spiro atoms. The Morgan fingerprint density at radius 1 is 1.29 bits per heavy atom. The Morgan fingerprint density at radius 3 is 2.62 bits per heavy atom. The highest BCUT2D eigenvalue weighted by molar-refractivity contribution is 14.0. The Hall–Kier alpha value is -0.530. The zero-order valence-corrected chi connectivity index (χ0v) is 15.6. The van der Waals surface area contributed by atoms with Crippen molar-refractivity contribution in [2.75, 3.05) is 26.2 Å². The summed E-state index contributed by atoms with van der Waals surface area (Å²) >= 11 is 0. The summed E-state index contributed by atoms with van der Waals surface area (Å²) in [4.78, 5) is 18.3. The maximum Gasteiger partial charge on any atom is 0.244 e. The lowest BCUT2D eigenvalue weighted by Gasteiger charge is -2.15. The monoisotopic (exact) mass is 408 g/mol. The molecule has 5 nitrogen and oxygen atoms in total. The SMILES string of the molecule is CCCC1CC1NC(=NCC(=O)N1CCCC1)NCC.I. The van der Waals surface area contributed by atoms with E-state index in [9.17, 15) is 4.79 Å². The summed E-state index contributed by atoms with van der Waals surface area (Å²) in [5.74, 6) is 1.74. The molecule has 1 saturated heterocycles. The molecule has 0 bridgehead atoms. The molecule has 1 amide bonds. The van der Waals surface area contributed by atoms with Crippen LogP contribution in [-0.2, 0) is 4.79 Å². The van der Waals surface area contributed by atoms with Gasteiger partial charge in [-0.05, 0) is 38.5 Å². The third-order valence-electron chi connectivity index (χ3n) is 4.08. The molecule has 2 rings (SSSR count). The summed E-state index contributed by atoms with van der Waals surface area (Å²) in [6, 6.07) is 0.551. The Morgan fingerprint density at radius 2 is 2.00 bits per heavy atom. The van der Waals surface area contributed by atoms with Crippen LogP contribution < -0.4 is 10.6 Å². The molecule has 2 aliphatic rings. The first-order chi connectivity index (χ1) is 9.74. The molecule has 2 fully saturated rings. The second-order valence-electron chi connectivity index (χ2n) is 5.82. The van der Waals surface area contributed by atoms with Gasteiger partial charge in [-0.15, -0.1) is 24.0 Å². The van der Waals surface area contributed by atoms with Gasteiger partial charge in [-0.25, -0.2) is 4.99 Å². The number of hydrogen-bond donors (Lipinski definition) is 2. The van der Waals surface area contributed by atoms with E-state index >= 15 is 0 Å². The lowest BCUT2D eigenvalue weighted by molar-refractivity contribution is -0.128.